The maximum atomic E-state index is 10.0. The first-order valence-corrected chi connectivity index (χ1v) is 5.54. The van der Waals surface area contributed by atoms with Crippen molar-refractivity contribution in [2.24, 2.45) is 0 Å². The van der Waals surface area contributed by atoms with Crippen LogP contribution in [0, 0.1) is 0 Å². The standard InChI is InChI=1S/C13H20O3/c1-10(14)9-13(2,16)12(15)8-11-6-4-3-5-7-11/h3-7,10,12,14-16H,8-9H2,1-2H3. The Kier molecular flexibility index (Phi) is 4.47. The molecule has 3 heteroatoms. The van der Waals surface area contributed by atoms with Gasteiger partial charge in [0.1, 0.15) is 0 Å². The summed E-state index contributed by atoms with van der Waals surface area (Å²) in [6, 6.07) is 9.50. The van der Waals surface area contributed by atoms with Gasteiger partial charge in [-0.25, -0.2) is 0 Å². The molecule has 0 spiro atoms. The molecule has 0 bridgehead atoms. The van der Waals surface area contributed by atoms with Crippen LogP contribution in [0.15, 0.2) is 30.3 Å². The molecule has 1 aromatic rings. The van der Waals surface area contributed by atoms with Crippen LogP contribution in [0.2, 0.25) is 0 Å². The Morgan fingerprint density at radius 3 is 2.25 bits per heavy atom. The second kappa shape index (κ2) is 5.43. The molecule has 0 saturated carbocycles. The molecule has 0 radical (unpaired) electrons. The largest absolute Gasteiger partial charge is 0.393 e. The van der Waals surface area contributed by atoms with Gasteiger partial charge in [-0.15, -0.1) is 0 Å². The third-order valence-electron chi connectivity index (χ3n) is 2.70. The molecule has 3 unspecified atom stereocenters. The van der Waals surface area contributed by atoms with E-state index in [0.717, 1.165) is 5.56 Å². The summed E-state index contributed by atoms with van der Waals surface area (Å²) in [4.78, 5) is 0. The lowest BCUT2D eigenvalue weighted by Gasteiger charge is -2.30. The van der Waals surface area contributed by atoms with Crippen LogP contribution in [0.25, 0.3) is 0 Å². The normalized spacial score (nSPS) is 18.8. The maximum Gasteiger partial charge on any atom is 0.0905 e. The highest BCUT2D eigenvalue weighted by Gasteiger charge is 2.31. The number of aliphatic hydroxyl groups is 3. The topological polar surface area (TPSA) is 60.7 Å². The predicted octanol–water partition coefficient (Wildman–Crippen LogP) is 1.11. The minimum Gasteiger partial charge on any atom is -0.393 e. The number of rotatable bonds is 5. The van der Waals surface area contributed by atoms with Crippen LogP contribution in [-0.2, 0) is 6.42 Å². The van der Waals surface area contributed by atoms with Crippen LogP contribution in [0.1, 0.15) is 25.8 Å². The zero-order valence-electron chi connectivity index (χ0n) is 9.80. The fourth-order valence-corrected chi connectivity index (χ4v) is 1.79. The van der Waals surface area contributed by atoms with E-state index in [4.69, 9.17) is 0 Å². The van der Waals surface area contributed by atoms with Gasteiger partial charge in [0.2, 0.25) is 0 Å². The highest BCUT2D eigenvalue weighted by Crippen LogP contribution is 2.20. The molecule has 3 N–H and O–H groups in total. The third-order valence-corrected chi connectivity index (χ3v) is 2.70. The molecule has 0 aromatic heterocycles. The summed E-state index contributed by atoms with van der Waals surface area (Å²) in [6.07, 6.45) is -0.938. The van der Waals surface area contributed by atoms with Crippen LogP contribution in [0.5, 0.6) is 0 Å². The zero-order valence-corrected chi connectivity index (χ0v) is 9.80. The van der Waals surface area contributed by atoms with E-state index < -0.39 is 17.8 Å². The first-order chi connectivity index (χ1) is 7.42. The predicted molar refractivity (Wildman–Crippen MR) is 63.1 cm³/mol. The molecular weight excluding hydrogens is 204 g/mol. The van der Waals surface area contributed by atoms with Crippen molar-refractivity contribution in [2.75, 3.05) is 0 Å². The van der Waals surface area contributed by atoms with Crippen LogP contribution in [-0.4, -0.2) is 33.1 Å². The van der Waals surface area contributed by atoms with Gasteiger partial charge in [-0.2, -0.15) is 0 Å². The SMILES string of the molecule is CC(O)CC(C)(O)C(O)Cc1ccccc1. The van der Waals surface area contributed by atoms with E-state index in [1.165, 1.54) is 0 Å². The van der Waals surface area contributed by atoms with Gasteiger partial charge < -0.3 is 15.3 Å². The molecule has 1 rings (SSSR count). The van der Waals surface area contributed by atoms with Gasteiger partial charge in [0.05, 0.1) is 17.8 Å². The summed E-state index contributed by atoms with van der Waals surface area (Å²) in [5, 5.41) is 29.2. The molecule has 0 heterocycles. The van der Waals surface area contributed by atoms with Crippen molar-refractivity contribution in [1.29, 1.82) is 0 Å². The monoisotopic (exact) mass is 224 g/mol. The first kappa shape index (κ1) is 13.2. The molecule has 0 aliphatic rings. The summed E-state index contributed by atoms with van der Waals surface area (Å²) >= 11 is 0. The number of hydrogen-bond donors (Lipinski definition) is 3. The van der Waals surface area contributed by atoms with Gasteiger partial charge in [-0.1, -0.05) is 30.3 Å². The van der Waals surface area contributed by atoms with Crippen LogP contribution >= 0.6 is 0 Å². The number of benzene rings is 1. The minimum atomic E-state index is -1.26. The minimum absolute atomic E-state index is 0.168. The fourth-order valence-electron chi connectivity index (χ4n) is 1.79. The highest BCUT2D eigenvalue weighted by molar-refractivity contribution is 5.16. The lowest BCUT2D eigenvalue weighted by Crippen LogP contribution is -2.43. The van der Waals surface area contributed by atoms with E-state index in [0.29, 0.717) is 6.42 Å². The fraction of sp³-hybridized carbons (Fsp3) is 0.538. The smallest absolute Gasteiger partial charge is 0.0905 e. The lowest BCUT2D eigenvalue weighted by atomic mass is 9.89. The Morgan fingerprint density at radius 1 is 1.19 bits per heavy atom. The average molecular weight is 224 g/mol. The molecule has 0 aliphatic carbocycles. The van der Waals surface area contributed by atoms with E-state index >= 15 is 0 Å². The third kappa shape index (κ3) is 3.93. The second-order valence-corrected chi connectivity index (χ2v) is 4.62. The molecule has 1 aromatic carbocycles. The van der Waals surface area contributed by atoms with Gasteiger partial charge in [-0.3, -0.25) is 0 Å². The molecule has 90 valence electrons. The molecule has 0 saturated heterocycles. The quantitative estimate of drug-likeness (QED) is 0.702. The van der Waals surface area contributed by atoms with Gasteiger partial charge in [0.15, 0.2) is 0 Å². The molecule has 0 amide bonds. The molecular formula is C13H20O3. The van der Waals surface area contributed by atoms with Crippen molar-refractivity contribution in [1.82, 2.24) is 0 Å². The van der Waals surface area contributed by atoms with E-state index in [1.807, 2.05) is 30.3 Å². The van der Waals surface area contributed by atoms with Gasteiger partial charge >= 0.3 is 0 Å². The van der Waals surface area contributed by atoms with Crippen molar-refractivity contribution in [3.63, 3.8) is 0 Å². The van der Waals surface area contributed by atoms with Gasteiger partial charge in [-0.05, 0) is 19.4 Å². The summed E-state index contributed by atoms with van der Waals surface area (Å²) in [5.41, 5.74) is -0.287. The van der Waals surface area contributed by atoms with Crippen molar-refractivity contribution in [3.8, 4) is 0 Å². The Balaban J connectivity index is 2.61. The van der Waals surface area contributed by atoms with Crippen LogP contribution < -0.4 is 0 Å². The highest BCUT2D eigenvalue weighted by atomic mass is 16.3. The Hall–Kier alpha value is -0.900. The Morgan fingerprint density at radius 2 is 1.75 bits per heavy atom. The summed E-state index contributed by atoms with van der Waals surface area (Å²) in [6.45, 7) is 3.15. The molecule has 16 heavy (non-hydrogen) atoms. The first-order valence-electron chi connectivity index (χ1n) is 5.54. The van der Waals surface area contributed by atoms with E-state index in [9.17, 15) is 15.3 Å². The maximum absolute atomic E-state index is 10.0. The molecule has 3 atom stereocenters. The van der Waals surface area contributed by atoms with E-state index in [1.54, 1.807) is 13.8 Å². The second-order valence-electron chi connectivity index (χ2n) is 4.62. The van der Waals surface area contributed by atoms with Gasteiger partial charge in [0, 0.05) is 12.8 Å². The molecule has 0 fully saturated rings. The van der Waals surface area contributed by atoms with Crippen LogP contribution in [0.4, 0.5) is 0 Å². The Labute approximate surface area is 96.4 Å². The summed E-state index contributed by atoms with van der Waals surface area (Å²) in [5.74, 6) is 0. The number of hydrogen-bond acceptors (Lipinski definition) is 3. The summed E-state index contributed by atoms with van der Waals surface area (Å²) in [7, 11) is 0. The van der Waals surface area contributed by atoms with Crippen LogP contribution in [0.3, 0.4) is 0 Å². The van der Waals surface area contributed by atoms with Crippen molar-refractivity contribution < 1.29 is 15.3 Å². The van der Waals surface area contributed by atoms with Crippen molar-refractivity contribution in [2.45, 2.75) is 44.5 Å². The average Bonchev–Trinajstić information content (AvgIpc) is 2.17. The van der Waals surface area contributed by atoms with Gasteiger partial charge in [0.25, 0.3) is 0 Å². The van der Waals surface area contributed by atoms with Crippen molar-refractivity contribution in [3.05, 3.63) is 35.9 Å². The Bertz CT molecular complexity index is 306. The summed E-state index contributed by atoms with van der Waals surface area (Å²) < 4.78 is 0. The molecule has 3 nitrogen and oxygen atoms in total. The van der Waals surface area contributed by atoms with Crippen molar-refractivity contribution >= 4 is 0 Å². The van der Waals surface area contributed by atoms with E-state index in [-0.39, 0.29) is 6.42 Å². The zero-order chi connectivity index (χ0) is 12.2. The van der Waals surface area contributed by atoms with E-state index in [2.05, 4.69) is 0 Å². The molecule has 0 aliphatic heterocycles. The lowest BCUT2D eigenvalue weighted by molar-refractivity contribution is -0.0842. The number of aliphatic hydroxyl groups excluding tert-OH is 2.